The Kier molecular flexibility index (Phi) is 8.93. The number of piperidine rings is 1. The minimum absolute atomic E-state index is 0.0358. The Balaban J connectivity index is 1.35. The zero-order valence-electron chi connectivity index (χ0n) is 20.0. The molecule has 3 aromatic rings. The number of aliphatic carboxylic acids is 1. The Morgan fingerprint density at radius 2 is 2.06 bits per heavy atom. The van der Waals surface area contributed by atoms with Crippen LogP contribution in [0.4, 0.5) is 4.39 Å². The number of likely N-dealkylation sites (tertiary alicyclic amines) is 1. The number of nitrogens with zero attached hydrogens (tertiary/aromatic N) is 3. The van der Waals surface area contributed by atoms with E-state index in [0.29, 0.717) is 24.2 Å². The summed E-state index contributed by atoms with van der Waals surface area (Å²) in [6.07, 6.45) is 6.17. The van der Waals surface area contributed by atoms with Crippen LogP contribution in [0.25, 0.3) is 10.9 Å². The quantitative estimate of drug-likeness (QED) is 0.344. The molecule has 1 aliphatic rings. The van der Waals surface area contributed by atoms with Crippen LogP contribution in [0.2, 0.25) is 0 Å². The van der Waals surface area contributed by atoms with Crippen molar-refractivity contribution in [1.29, 1.82) is 0 Å². The molecule has 2 aromatic heterocycles. The van der Waals surface area contributed by atoms with E-state index in [0.717, 1.165) is 42.7 Å². The van der Waals surface area contributed by atoms with Gasteiger partial charge in [0.05, 0.1) is 12.6 Å². The topological polar surface area (TPSA) is 75.5 Å². The molecule has 1 aliphatic heterocycles. The number of hydrogen-bond acceptors (Lipinski definition) is 6. The van der Waals surface area contributed by atoms with Crippen molar-refractivity contribution in [2.45, 2.75) is 36.8 Å². The average molecular weight is 498 g/mol. The summed E-state index contributed by atoms with van der Waals surface area (Å²) in [6, 6.07) is 11.2. The SMILES string of the molecule is COc1ccc2nccc([C@@H](F)CC[C@@H]3CCN(CCSc4ccncc4)C[C@@H]3CC(=O)O)c2c1. The molecule has 4 rings (SSSR count). The smallest absolute Gasteiger partial charge is 0.303 e. The van der Waals surface area contributed by atoms with Crippen molar-refractivity contribution in [3.63, 3.8) is 0 Å². The van der Waals surface area contributed by atoms with E-state index in [1.54, 1.807) is 43.5 Å². The fourth-order valence-corrected chi connectivity index (χ4v) is 5.88. The van der Waals surface area contributed by atoms with Gasteiger partial charge in [-0.1, -0.05) is 0 Å². The molecule has 0 amide bonds. The Bertz CT molecular complexity index is 1120. The molecule has 0 aliphatic carbocycles. The van der Waals surface area contributed by atoms with Crippen molar-refractivity contribution in [1.82, 2.24) is 14.9 Å². The van der Waals surface area contributed by atoms with Crippen LogP contribution in [0.1, 0.15) is 37.4 Å². The van der Waals surface area contributed by atoms with Gasteiger partial charge in [-0.25, -0.2) is 4.39 Å². The van der Waals surface area contributed by atoms with Gasteiger partial charge in [-0.15, -0.1) is 11.8 Å². The number of methoxy groups -OCH3 is 1. The molecule has 3 heterocycles. The summed E-state index contributed by atoms with van der Waals surface area (Å²) in [7, 11) is 1.59. The minimum Gasteiger partial charge on any atom is -0.497 e. The zero-order valence-corrected chi connectivity index (χ0v) is 20.8. The van der Waals surface area contributed by atoms with Crippen molar-refractivity contribution in [3.8, 4) is 5.75 Å². The summed E-state index contributed by atoms with van der Waals surface area (Å²) in [4.78, 5) is 23.5. The highest BCUT2D eigenvalue weighted by molar-refractivity contribution is 7.99. The third-order valence-electron chi connectivity index (χ3n) is 6.85. The van der Waals surface area contributed by atoms with Gasteiger partial charge < -0.3 is 14.7 Å². The molecule has 6 nitrogen and oxygen atoms in total. The van der Waals surface area contributed by atoms with Gasteiger partial charge in [0.15, 0.2) is 0 Å². The van der Waals surface area contributed by atoms with E-state index >= 15 is 4.39 Å². The Labute approximate surface area is 209 Å². The second kappa shape index (κ2) is 12.3. The molecule has 1 fully saturated rings. The lowest BCUT2D eigenvalue weighted by Crippen LogP contribution is -2.42. The van der Waals surface area contributed by atoms with Crippen molar-refractivity contribution in [2.75, 3.05) is 32.5 Å². The highest BCUT2D eigenvalue weighted by Crippen LogP contribution is 2.36. The summed E-state index contributed by atoms with van der Waals surface area (Å²) in [5.74, 6) is 1.08. The van der Waals surface area contributed by atoms with Gasteiger partial charge in [0.2, 0.25) is 0 Å². The normalized spacial score (nSPS) is 19.5. The molecule has 1 saturated heterocycles. The molecule has 0 saturated carbocycles. The van der Waals surface area contributed by atoms with Crippen LogP contribution < -0.4 is 4.74 Å². The van der Waals surface area contributed by atoms with Crippen LogP contribution >= 0.6 is 11.8 Å². The lowest BCUT2D eigenvalue weighted by Gasteiger charge is -2.38. The molecule has 186 valence electrons. The average Bonchev–Trinajstić information content (AvgIpc) is 2.87. The second-order valence-corrected chi connectivity index (χ2v) is 10.2. The van der Waals surface area contributed by atoms with Crippen LogP contribution in [-0.2, 0) is 4.79 Å². The van der Waals surface area contributed by atoms with E-state index in [1.165, 1.54) is 4.90 Å². The van der Waals surface area contributed by atoms with Gasteiger partial charge in [-0.2, -0.15) is 0 Å². The molecular weight excluding hydrogens is 465 g/mol. The molecule has 35 heavy (non-hydrogen) atoms. The van der Waals surface area contributed by atoms with E-state index < -0.39 is 12.1 Å². The molecule has 0 radical (unpaired) electrons. The number of aromatic nitrogens is 2. The number of carbonyl (C=O) groups is 1. The number of hydrogen-bond donors (Lipinski definition) is 1. The lowest BCUT2D eigenvalue weighted by molar-refractivity contribution is -0.139. The van der Waals surface area contributed by atoms with E-state index in [-0.39, 0.29) is 18.3 Å². The molecule has 0 bridgehead atoms. The van der Waals surface area contributed by atoms with E-state index in [2.05, 4.69) is 14.9 Å². The number of alkyl halides is 1. The molecule has 1 N–H and O–H groups in total. The number of pyridine rings is 2. The van der Waals surface area contributed by atoms with Gasteiger partial charge in [0.25, 0.3) is 0 Å². The van der Waals surface area contributed by atoms with Gasteiger partial charge in [0.1, 0.15) is 11.9 Å². The number of halogens is 1. The van der Waals surface area contributed by atoms with Gasteiger partial charge in [-0.05, 0) is 79.6 Å². The first-order valence-corrected chi connectivity index (χ1v) is 13.1. The Morgan fingerprint density at radius 1 is 1.23 bits per heavy atom. The number of carboxylic acid groups (broad SMARTS) is 1. The molecule has 1 aromatic carbocycles. The van der Waals surface area contributed by atoms with Crippen molar-refractivity contribution >= 4 is 28.6 Å². The van der Waals surface area contributed by atoms with E-state index in [4.69, 9.17) is 4.74 Å². The van der Waals surface area contributed by atoms with Gasteiger partial charge >= 0.3 is 5.97 Å². The van der Waals surface area contributed by atoms with Crippen LogP contribution in [0.5, 0.6) is 5.75 Å². The first-order valence-electron chi connectivity index (χ1n) is 12.1. The second-order valence-electron chi connectivity index (χ2n) is 9.07. The maximum atomic E-state index is 15.4. The number of benzene rings is 1. The highest BCUT2D eigenvalue weighted by atomic mass is 32.2. The largest absolute Gasteiger partial charge is 0.497 e. The maximum Gasteiger partial charge on any atom is 0.303 e. The molecule has 3 atom stereocenters. The summed E-state index contributed by atoms with van der Waals surface area (Å²) < 4.78 is 20.8. The third-order valence-corrected chi connectivity index (χ3v) is 7.84. The van der Waals surface area contributed by atoms with Gasteiger partial charge in [-0.3, -0.25) is 14.8 Å². The highest BCUT2D eigenvalue weighted by Gasteiger charge is 2.31. The van der Waals surface area contributed by atoms with E-state index in [9.17, 15) is 9.90 Å². The fraction of sp³-hybridized carbons (Fsp3) is 0.444. The molecule has 8 heteroatoms. The number of carboxylic acids is 1. The first kappa shape index (κ1) is 25.4. The number of rotatable bonds is 11. The van der Waals surface area contributed by atoms with Gasteiger partial charge in [0, 0.05) is 54.1 Å². The zero-order chi connectivity index (χ0) is 24.6. The van der Waals surface area contributed by atoms with Crippen molar-refractivity contribution < 1.29 is 19.0 Å². The fourth-order valence-electron chi connectivity index (χ4n) is 4.98. The van der Waals surface area contributed by atoms with Crippen LogP contribution in [0.3, 0.4) is 0 Å². The summed E-state index contributed by atoms with van der Waals surface area (Å²) in [5, 5.41) is 10.3. The summed E-state index contributed by atoms with van der Waals surface area (Å²) >= 11 is 1.78. The summed E-state index contributed by atoms with van der Waals surface area (Å²) in [6.45, 7) is 2.58. The van der Waals surface area contributed by atoms with Crippen LogP contribution in [0, 0.1) is 11.8 Å². The summed E-state index contributed by atoms with van der Waals surface area (Å²) in [5.41, 5.74) is 1.36. The molecular formula is C27H32FN3O3S. The van der Waals surface area contributed by atoms with E-state index in [1.807, 2.05) is 30.3 Å². The van der Waals surface area contributed by atoms with Crippen LogP contribution in [0.15, 0.2) is 59.9 Å². The Morgan fingerprint density at radius 3 is 2.83 bits per heavy atom. The predicted molar refractivity (Wildman–Crippen MR) is 137 cm³/mol. The first-order chi connectivity index (χ1) is 17.0. The number of ether oxygens (including phenoxy) is 1. The number of thioether (sulfide) groups is 1. The predicted octanol–water partition coefficient (Wildman–Crippen LogP) is 5.63. The van der Waals surface area contributed by atoms with Crippen molar-refractivity contribution in [2.24, 2.45) is 11.8 Å². The molecule has 0 spiro atoms. The standard InChI is InChI=1S/C27H32FN3O3S/c1-34-21-3-5-26-24(17-21)23(8-12-30-26)25(28)4-2-19-9-13-31(18-20(19)16-27(32)33)14-15-35-22-6-10-29-11-7-22/h3,5-8,10-12,17,19-20,25H,2,4,9,13-16,18H2,1H3,(H,32,33)/t19-,20+,25+/m1/s1. The minimum atomic E-state index is -1.13. The monoisotopic (exact) mass is 497 g/mol. The van der Waals surface area contributed by atoms with Crippen LogP contribution in [-0.4, -0.2) is 58.4 Å². The molecule has 0 unspecified atom stereocenters. The number of fused-ring (bicyclic) bond motifs is 1. The van der Waals surface area contributed by atoms with Crippen molar-refractivity contribution in [3.05, 3.63) is 60.6 Å². The lowest BCUT2D eigenvalue weighted by atomic mass is 9.79. The maximum absolute atomic E-state index is 15.4. The Hall–Kier alpha value is -2.71. The third kappa shape index (κ3) is 6.92.